The number of rotatable bonds is 7. The summed E-state index contributed by atoms with van der Waals surface area (Å²) in [6, 6.07) is 0. The molecule has 2 heterocycles. The molecule has 8 heteroatoms. The van der Waals surface area contributed by atoms with E-state index >= 15 is 0 Å². The van der Waals surface area contributed by atoms with E-state index in [9.17, 15) is 14.4 Å². The Labute approximate surface area is 166 Å². The average Bonchev–Trinajstić information content (AvgIpc) is 2.95. The van der Waals surface area contributed by atoms with Gasteiger partial charge in [0.2, 0.25) is 0 Å². The normalized spacial score (nSPS) is 15.0. The number of H-pyrrole nitrogens is 1. The highest BCUT2D eigenvalue weighted by atomic mass is 16.6. The van der Waals surface area contributed by atoms with Crippen molar-refractivity contribution < 1.29 is 23.9 Å². The summed E-state index contributed by atoms with van der Waals surface area (Å²) in [5.74, 6) is -0.191. The van der Waals surface area contributed by atoms with Crippen molar-refractivity contribution in [2.24, 2.45) is 5.92 Å². The fraction of sp³-hybridized carbons (Fsp3) is 0.650. The van der Waals surface area contributed by atoms with Crippen LogP contribution in [0.3, 0.4) is 0 Å². The van der Waals surface area contributed by atoms with Crippen LogP contribution in [0.5, 0.6) is 0 Å². The van der Waals surface area contributed by atoms with E-state index in [1.54, 1.807) is 25.7 Å². The van der Waals surface area contributed by atoms with E-state index in [-0.39, 0.29) is 25.0 Å². The zero-order valence-corrected chi connectivity index (χ0v) is 17.5. The summed E-state index contributed by atoms with van der Waals surface area (Å²) in [7, 11) is 0. The molecule has 0 radical (unpaired) electrons. The summed E-state index contributed by atoms with van der Waals surface area (Å²) in [4.78, 5) is 43.5. The molecule has 1 saturated heterocycles. The number of ketones is 1. The number of aryl methyl sites for hydroxylation is 1. The Kier molecular flexibility index (Phi) is 7.62. The van der Waals surface area contributed by atoms with Gasteiger partial charge in [-0.25, -0.2) is 9.59 Å². The number of piperazine rings is 1. The van der Waals surface area contributed by atoms with Gasteiger partial charge in [-0.05, 0) is 32.3 Å². The molecule has 0 atom stereocenters. The van der Waals surface area contributed by atoms with E-state index < -0.39 is 5.97 Å². The monoisotopic (exact) mass is 393 g/mol. The molecule has 1 aromatic heterocycles. The molecular formula is C20H31N3O5. The number of amides is 1. The highest BCUT2D eigenvalue weighted by Gasteiger charge is 2.27. The van der Waals surface area contributed by atoms with Crippen LogP contribution in [0.2, 0.25) is 0 Å². The molecule has 156 valence electrons. The van der Waals surface area contributed by atoms with E-state index in [1.807, 2.05) is 18.7 Å². The minimum atomic E-state index is -0.448. The van der Waals surface area contributed by atoms with Crippen molar-refractivity contribution in [1.29, 1.82) is 0 Å². The molecule has 1 aromatic rings. The second kappa shape index (κ2) is 9.73. The molecule has 0 saturated carbocycles. The van der Waals surface area contributed by atoms with Gasteiger partial charge < -0.3 is 19.4 Å². The predicted molar refractivity (Wildman–Crippen MR) is 105 cm³/mol. The summed E-state index contributed by atoms with van der Waals surface area (Å²) in [6.45, 7) is 12.5. The lowest BCUT2D eigenvalue weighted by molar-refractivity contribution is 0.0519. The maximum absolute atomic E-state index is 12.8. The molecular weight excluding hydrogens is 362 g/mol. The zero-order valence-electron chi connectivity index (χ0n) is 17.5. The van der Waals surface area contributed by atoms with E-state index in [4.69, 9.17) is 9.47 Å². The van der Waals surface area contributed by atoms with Crippen LogP contribution in [0, 0.1) is 19.8 Å². The van der Waals surface area contributed by atoms with Crippen molar-refractivity contribution in [3.8, 4) is 0 Å². The van der Waals surface area contributed by atoms with Crippen molar-refractivity contribution in [2.45, 2.75) is 34.6 Å². The fourth-order valence-corrected chi connectivity index (χ4v) is 3.28. The van der Waals surface area contributed by atoms with Crippen molar-refractivity contribution in [1.82, 2.24) is 14.8 Å². The second-order valence-corrected chi connectivity index (χ2v) is 7.50. The van der Waals surface area contributed by atoms with Gasteiger partial charge in [0.25, 0.3) is 0 Å². The number of ether oxygens (including phenoxy) is 2. The SMILES string of the molecule is CCOC(=O)c1[nH]c(C)c(C(=O)CN2CCN(C(=O)OCC(C)C)CC2)c1C. The van der Waals surface area contributed by atoms with E-state index in [2.05, 4.69) is 4.98 Å². The first-order valence-electron chi connectivity index (χ1n) is 9.78. The molecule has 0 aromatic carbocycles. The Bertz CT molecular complexity index is 718. The fourth-order valence-electron chi connectivity index (χ4n) is 3.28. The highest BCUT2D eigenvalue weighted by molar-refractivity contribution is 6.03. The first kappa shape index (κ1) is 21.9. The predicted octanol–water partition coefficient (Wildman–Crippen LogP) is 2.40. The lowest BCUT2D eigenvalue weighted by atomic mass is 10.0. The quantitative estimate of drug-likeness (QED) is 0.565. The van der Waals surface area contributed by atoms with Gasteiger partial charge in [0.15, 0.2) is 5.78 Å². The summed E-state index contributed by atoms with van der Waals surface area (Å²) >= 11 is 0. The number of carbonyl (C=O) groups excluding carboxylic acids is 3. The van der Waals surface area contributed by atoms with Crippen molar-refractivity contribution in [3.05, 3.63) is 22.5 Å². The van der Waals surface area contributed by atoms with Gasteiger partial charge in [-0.2, -0.15) is 0 Å². The number of carbonyl (C=O) groups is 3. The van der Waals surface area contributed by atoms with Crippen molar-refractivity contribution in [2.75, 3.05) is 45.9 Å². The lowest BCUT2D eigenvalue weighted by Gasteiger charge is -2.33. The molecule has 28 heavy (non-hydrogen) atoms. The Morgan fingerprint density at radius 2 is 1.71 bits per heavy atom. The molecule has 0 unspecified atom stereocenters. The molecule has 1 aliphatic rings. The number of aromatic amines is 1. The Morgan fingerprint density at radius 1 is 1.07 bits per heavy atom. The van der Waals surface area contributed by atoms with Gasteiger partial charge in [-0.3, -0.25) is 9.69 Å². The summed E-state index contributed by atoms with van der Waals surface area (Å²) in [6.07, 6.45) is -0.295. The average molecular weight is 393 g/mol. The van der Waals surface area contributed by atoms with Crippen molar-refractivity contribution >= 4 is 17.8 Å². The Balaban J connectivity index is 1.93. The maximum atomic E-state index is 12.8. The summed E-state index contributed by atoms with van der Waals surface area (Å²) < 4.78 is 10.3. The standard InChI is InChI=1S/C20H31N3O5/c1-6-27-19(25)18-14(4)17(15(5)21-18)16(24)11-22-7-9-23(10-8-22)20(26)28-12-13(2)3/h13,21H,6-12H2,1-5H3. The van der Waals surface area contributed by atoms with Gasteiger partial charge in [-0.1, -0.05) is 13.8 Å². The molecule has 0 aliphatic carbocycles. The van der Waals surface area contributed by atoms with Gasteiger partial charge in [0.1, 0.15) is 5.69 Å². The van der Waals surface area contributed by atoms with Gasteiger partial charge in [0, 0.05) is 37.4 Å². The largest absolute Gasteiger partial charge is 0.461 e. The molecule has 2 rings (SSSR count). The minimum Gasteiger partial charge on any atom is -0.461 e. The number of Topliss-reactive ketones (excluding diaryl/α,β-unsaturated/α-hetero) is 1. The first-order valence-corrected chi connectivity index (χ1v) is 9.78. The highest BCUT2D eigenvalue weighted by Crippen LogP contribution is 2.20. The van der Waals surface area contributed by atoms with Crippen LogP contribution in [0.25, 0.3) is 0 Å². The first-order chi connectivity index (χ1) is 13.2. The number of aromatic nitrogens is 1. The van der Waals surface area contributed by atoms with Gasteiger partial charge in [-0.15, -0.1) is 0 Å². The Hall–Kier alpha value is -2.35. The maximum Gasteiger partial charge on any atom is 0.409 e. The third-order valence-electron chi connectivity index (χ3n) is 4.73. The third-order valence-corrected chi connectivity index (χ3v) is 4.73. The zero-order chi connectivity index (χ0) is 20.8. The number of nitrogens with one attached hydrogen (secondary N) is 1. The molecule has 1 amide bonds. The topological polar surface area (TPSA) is 91.9 Å². The molecule has 1 aliphatic heterocycles. The summed E-state index contributed by atoms with van der Waals surface area (Å²) in [5, 5.41) is 0. The molecule has 0 bridgehead atoms. The Morgan fingerprint density at radius 3 is 2.29 bits per heavy atom. The molecule has 8 nitrogen and oxygen atoms in total. The number of esters is 1. The van der Waals surface area contributed by atoms with Crippen LogP contribution in [-0.4, -0.2) is 78.6 Å². The molecule has 0 spiro atoms. The van der Waals surface area contributed by atoms with E-state index in [0.717, 1.165) is 0 Å². The van der Waals surface area contributed by atoms with Crippen LogP contribution >= 0.6 is 0 Å². The van der Waals surface area contributed by atoms with Crippen LogP contribution < -0.4 is 0 Å². The summed E-state index contributed by atoms with van der Waals surface area (Å²) in [5.41, 5.74) is 2.17. The minimum absolute atomic E-state index is 0.0439. The van der Waals surface area contributed by atoms with Crippen molar-refractivity contribution in [3.63, 3.8) is 0 Å². The van der Waals surface area contributed by atoms with Gasteiger partial charge >= 0.3 is 12.1 Å². The van der Waals surface area contributed by atoms with E-state index in [1.165, 1.54) is 0 Å². The second-order valence-electron chi connectivity index (χ2n) is 7.50. The van der Waals surface area contributed by atoms with Crippen LogP contribution in [0.15, 0.2) is 0 Å². The number of hydrogen-bond donors (Lipinski definition) is 1. The number of nitrogens with zero attached hydrogens (tertiary/aromatic N) is 2. The van der Waals surface area contributed by atoms with Crippen LogP contribution in [0.1, 0.15) is 52.9 Å². The van der Waals surface area contributed by atoms with Crippen LogP contribution in [-0.2, 0) is 9.47 Å². The lowest BCUT2D eigenvalue weighted by Crippen LogP contribution is -2.50. The number of hydrogen-bond acceptors (Lipinski definition) is 6. The van der Waals surface area contributed by atoms with Crippen LogP contribution in [0.4, 0.5) is 4.79 Å². The molecule has 1 N–H and O–H groups in total. The van der Waals surface area contributed by atoms with E-state index in [0.29, 0.717) is 61.2 Å². The smallest absolute Gasteiger partial charge is 0.409 e. The van der Waals surface area contributed by atoms with Gasteiger partial charge in [0.05, 0.1) is 19.8 Å². The third kappa shape index (κ3) is 5.34. The molecule has 1 fully saturated rings.